The second kappa shape index (κ2) is 8.75. The van der Waals surface area contributed by atoms with Gasteiger partial charge in [0.1, 0.15) is 0 Å². The van der Waals surface area contributed by atoms with Crippen LogP contribution >= 0.6 is 11.8 Å². The topological polar surface area (TPSA) is 72.4 Å². The lowest BCUT2D eigenvalue weighted by Crippen LogP contribution is -2.27. The lowest BCUT2D eigenvalue weighted by molar-refractivity contribution is 0.319. The smallest absolute Gasteiger partial charge is 0.236 e. The standard InChI is InChI=1S/C22H23N3O3S2/c1-3-8-16-13-14-23-22(24-16)17-9-7-12-20-21(17)25(28-30(26,27)15-4-2)18-10-5-6-11-19(18)29-20/h5-7,9-14H,3-4,8,15H2,1-2H3. The molecular formula is C22H23N3O3S2. The molecule has 0 N–H and O–H groups in total. The van der Waals surface area contributed by atoms with Crippen LogP contribution in [0.15, 0.2) is 64.5 Å². The van der Waals surface area contributed by atoms with Crippen LogP contribution < -0.4 is 5.06 Å². The van der Waals surface area contributed by atoms with Crippen LogP contribution in [0.1, 0.15) is 32.4 Å². The van der Waals surface area contributed by atoms with Crippen molar-refractivity contribution in [1.82, 2.24) is 9.97 Å². The number of hydrogen-bond donors (Lipinski definition) is 0. The molecule has 156 valence electrons. The van der Waals surface area contributed by atoms with Crippen LogP contribution in [-0.4, -0.2) is 24.1 Å². The maximum Gasteiger partial charge on any atom is 0.288 e. The van der Waals surface area contributed by atoms with E-state index >= 15 is 0 Å². The first kappa shape index (κ1) is 20.8. The van der Waals surface area contributed by atoms with Gasteiger partial charge in [-0.1, -0.05) is 50.2 Å². The summed E-state index contributed by atoms with van der Waals surface area (Å²) in [6.07, 6.45) is 4.06. The van der Waals surface area contributed by atoms with E-state index in [-0.39, 0.29) is 5.75 Å². The molecule has 30 heavy (non-hydrogen) atoms. The van der Waals surface area contributed by atoms with Crippen molar-refractivity contribution < 1.29 is 12.7 Å². The van der Waals surface area contributed by atoms with Crippen molar-refractivity contribution >= 4 is 33.3 Å². The molecule has 2 heterocycles. The van der Waals surface area contributed by atoms with E-state index in [2.05, 4.69) is 11.9 Å². The van der Waals surface area contributed by atoms with Crippen molar-refractivity contribution in [3.8, 4) is 11.4 Å². The summed E-state index contributed by atoms with van der Waals surface area (Å²) >= 11 is 1.58. The summed E-state index contributed by atoms with van der Waals surface area (Å²) in [6.45, 7) is 3.92. The highest BCUT2D eigenvalue weighted by molar-refractivity contribution is 7.99. The van der Waals surface area contributed by atoms with Crippen molar-refractivity contribution in [3.63, 3.8) is 0 Å². The third-order valence-corrected chi connectivity index (χ3v) is 7.01. The van der Waals surface area contributed by atoms with Crippen LogP contribution in [0.4, 0.5) is 11.4 Å². The molecule has 0 atom stereocenters. The fraction of sp³-hybridized carbons (Fsp3) is 0.273. The van der Waals surface area contributed by atoms with Crippen LogP contribution in [0.5, 0.6) is 0 Å². The van der Waals surface area contributed by atoms with Crippen LogP contribution in [-0.2, 0) is 20.8 Å². The molecule has 6 nitrogen and oxygen atoms in total. The minimum absolute atomic E-state index is 0.0568. The quantitative estimate of drug-likeness (QED) is 0.488. The Morgan fingerprint density at radius 2 is 1.80 bits per heavy atom. The number of aromatic nitrogens is 2. The molecule has 0 spiro atoms. The summed E-state index contributed by atoms with van der Waals surface area (Å²) in [4.78, 5) is 11.0. The van der Waals surface area contributed by atoms with Gasteiger partial charge in [0, 0.05) is 27.2 Å². The third-order valence-electron chi connectivity index (χ3n) is 4.61. The summed E-state index contributed by atoms with van der Waals surface area (Å²) < 4.78 is 30.9. The van der Waals surface area contributed by atoms with Gasteiger partial charge in [-0.25, -0.2) is 15.0 Å². The van der Waals surface area contributed by atoms with Gasteiger partial charge in [0.2, 0.25) is 0 Å². The predicted octanol–water partition coefficient (Wildman–Crippen LogP) is 5.37. The largest absolute Gasteiger partial charge is 0.288 e. The van der Waals surface area contributed by atoms with Crippen LogP contribution in [0.2, 0.25) is 0 Å². The Kier molecular flexibility index (Phi) is 6.08. The van der Waals surface area contributed by atoms with Crippen LogP contribution in [0.25, 0.3) is 11.4 Å². The molecule has 1 aliphatic rings. The molecule has 0 unspecified atom stereocenters. The SMILES string of the molecule is CCCc1ccnc(-c2cccc3c2N(OS(=O)(=O)CCC)c2ccccc2S3)n1. The molecule has 0 saturated heterocycles. The number of aryl methyl sites for hydroxylation is 1. The highest BCUT2D eigenvalue weighted by Crippen LogP contribution is 2.51. The van der Waals surface area contributed by atoms with E-state index in [0.29, 0.717) is 23.6 Å². The van der Waals surface area contributed by atoms with Crippen molar-refractivity contribution in [1.29, 1.82) is 0 Å². The van der Waals surface area contributed by atoms with Crippen molar-refractivity contribution in [2.75, 3.05) is 10.8 Å². The molecule has 2 aromatic carbocycles. The fourth-order valence-electron chi connectivity index (χ4n) is 3.34. The van der Waals surface area contributed by atoms with Crippen molar-refractivity contribution in [2.45, 2.75) is 42.9 Å². The van der Waals surface area contributed by atoms with Gasteiger partial charge in [-0.05, 0) is 43.2 Å². The molecule has 0 radical (unpaired) electrons. The van der Waals surface area contributed by atoms with E-state index in [1.165, 1.54) is 5.06 Å². The molecule has 0 saturated carbocycles. The highest BCUT2D eigenvalue weighted by Gasteiger charge is 2.31. The van der Waals surface area contributed by atoms with Crippen molar-refractivity contribution in [2.24, 2.45) is 0 Å². The summed E-state index contributed by atoms with van der Waals surface area (Å²) in [5.41, 5.74) is 3.02. The predicted molar refractivity (Wildman–Crippen MR) is 119 cm³/mol. The molecule has 4 rings (SSSR count). The number of hydrogen-bond acceptors (Lipinski definition) is 7. The molecule has 0 amide bonds. The molecule has 0 aliphatic carbocycles. The number of nitrogens with zero attached hydrogens (tertiary/aromatic N) is 3. The molecule has 8 heteroatoms. The lowest BCUT2D eigenvalue weighted by atomic mass is 10.1. The average molecular weight is 442 g/mol. The van der Waals surface area contributed by atoms with Gasteiger partial charge in [0.25, 0.3) is 10.1 Å². The van der Waals surface area contributed by atoms with E-state index in [1.807, 2.05) is 55.5 Å². The van der Waals surface area contributed by atoms with Gasteiger partial charge in [-0.3, -0.25) is 0 Å². The molecule has 3 aromatic rings. The Labute approximate surface area is 181 Å². The number of para-hydroxylation sites is 2. The minimum Gasteiger partial charge on any atom is -0.236 e. The lowest BCUT2D eigenvalue weighted by Gasteiger charge is -2.32. The maximum atomic E-state index is 12.6. The number of fused-ring (bicyclic) bond motifs is 2. The number of anilines is 2. The van der Waals surface area contributed by atoms with E-state index in [9.17, 15) is 8.42 Å². The van der Waals surface area contributed by atoms with Gasteiger partial charge in [-0.15, -0.1) is 4.28 Å². The molecule has 0 fully saturated rings. The second-order valence-corrected chi connectivity index (χ2v) is 9.73. The van der Waals surface area contributed by atoms with Crippen LogP contribution in [0.3, 0.4) is 0 Å². The molecule has 1 aliphatic heterocycles. The highest BCUT2D eigenvalue weighted by atomic mass is 32.2. The Hall–Kier alpha value is -2.42. The molecular weight excluding hydrogens is 418 g/mol. The van der Waals surface area contributed by atoms with E-state index in [4.69, 9.17) is 9.27 Å². The zero-order valence-corrected chi connectivity index (χ0v) is 18.5. The van der Waals surface area contributed by atoms with Crippen molar-refractivity contribution in [3.05, 3.63) is 60.4 Å². The summed E-state index contributed by atoms with van der Waals surface area (Å²) in [6, 6.07) is 15.3. The summed E-state index contributed by atoms with van der Waals surface area (Å²) in [5, 5.41) is 1.43. The summed E-state index contributed by atoms with van der Waals surface area (Å²) in [5.74, 6) is 0.498. The first-order valence-corrected chi connectivity index (χ1v) is 12.4. The van der Waals surface area contributed by atoms with Gasteiger partial charge in [0.05, 0.1) is 17.1 Å². The third kappa shape index (κ3) is 4.21. The molecule has 1 aromatic heterocycles. The summed E-state index contributed by atoms with van der Waals surface area (Å²) in [7, 11) is -3.76. The fourth-order valence-corrected chi connectivity index (χ4v) is 5.38. The minimum atomic E-state index is -3.76. The van der Waals surface area contributed by atoms with Gasteiger partial charge in [0.15, 0.2) is 5.82 Å². The van der Waals surface area contributed by atoms with Gasteiger partial charge in [-0.2, -0.15) is 8.42 Å². The number of rotatable bonds is 7. The molecule has 0 bridgehead atoms. The first-order valence-electron chi connectivity index (χ1n) is 9.97. The van der Waals surface area contributed by atoms with Crippen LogP contribution in [0, 0.1) is 0 Å². The van der Waals surface area contributed by atoms with Gasteiger partial charge < -0.3 is 0 Å². The Bertz CT molecular complexity index is 1170. The average Bonchev–Trinajstić information content (AvgIpc) is 2.73. The number of benzene rings is 2. The zero-order valence-electron chi connectivity index (χ0n) is 16.9. The Morgan fingerprint density at radius 1 is 1.00 bits per heavy atom. The second-order valence-electron chi connectivity index (χ2n) is 6.97. The Balaban J connectivity index is 1.88. The zero-order chi connectivity index (χ0) is 21.1. The maximum absolute atomic E-state index is 12.6. The first-order chi connectivity index (χ1) is 14.5. The van der Waals surface area contributed by atoms with Gasteiger partial charge >= 0.3 is 0 Å². The van der Waals surface area contributed by atoms with E-state index < -0.39 is 10.1 Å². The normalized spacial score (nSPS) is 13.1. The van der Waals surface area contributed by atoms with E-state index in [0.717, 1.165) is 33.9 Å². The van der Waals surface area contributed by atoms with E-state index in [1.54, 1.807) is 18.0 Å². The monoisotopic (exact) mass is 441 g/mol. The Morgan fingerprint density at radius 3 is 2.60 bits per heavy atom.